The monoisotopic (exact) mass is 501 g/mol. The number of benzene rings is 2. The van der Waals surface area contributed by atoms with E-state index < -0.39 is 20.0 Å². The fourth-order valence-electron chi connectivity index (χ4n) is 4.42. The average Bonchev–Trinajstić information content (AvgIpc) is 3.43. The van der Waals surface area contributed by atoms with Gasteiger partial charge in [-0.25, -0.2) is 16.8 Å². The van der Waals surface area contributed by atoms with Gasteiger partial charge in [0.15, 0.2) is 0 Å². The summed E-state index contributed by atoms with van der Waals surface area (Å²) in [5, 5.41) is 9.97. The average molecular weight is 502 g/mol. The van der Waals surface area contributed by atoms with Crippen LogP contribution in [0.15, 0.2) is 52.4 Å². The lowest BCUT2D eigenvalue weighted by Gasteiger charge is -2.18. The molecule has 0 aliphatic carbocycles. The molecule has 0 amide bonds. The Morgan fingerprint density at radius 3 is 2.44 bits per heavy atom. The first-order valence-corrected chi connectivity index (χ1v) is 13.7. The molecule has 0 saturated carbocycles. The number of aromatic amines is 1. The highest BCUT2D eigenvalue weighted by atomic mass is 32.2. The van der Waals surface area contributed by atoms with Crippen molar-refractivity contribution in [1.29, 1.82) is 5.26 Å². The van der Waals surface area contributed by atoms with Crippen LogP contribution in [0.2, 0.25) is 0 Å². The Morgan fingerprint density at radius 2 is 1.79 bits per heavy atom. The third kappa shape index (κ3) is 4.54. The minimum absolute atomic E-state index is 0.0563. The van der Waals surface area contributed by atoms with Crippen LogP contribution in [0, 0.1) is 24.2 Å². The van der Waals surface area contributed by atoms with Crippen LogP contribution in [0.4, 0.5) is 5.69 Å². The van der Waals surface area contributed by atoms with Gasteiger partial charge in [0.05, 0.1) is 26.6 Å². The molecule has 1 saturated heterocycles. The van der Waals surface area contributed by atoms with Gasteiger partial charge in [-0.3, -0.25) is 4.72 Å². The second-order valence-electron chi connectivity index (χ2n) is 8.85. The number of aromatic nitrogens is 1. The van der Waals surface area contributed by atoms with Crippen molar-refractivity contribution in [1.82, 2.24) is 14.2 Å². The van der Waals surface area contributed by atoms with Gasteiger partial charge in [0.1, 0.15) is 6.07 Å². The number of hydrogen-bond acceptors (Lipinski definition) is 6. The predicted molar refractivity (Wildman–Crippen MR) is 130 cm³/mol. The fraction of sp³-hybridized carbons (Fsp3) is 0.348. The van der Waals surface area contributed by atoms with Crippen molar-refractivity contribution >= 4 is 36.6 Å². The lowest BCUT2D eigenvalue weighted by Crippen LogP contribution is -2.30. The van der Waals surface area contributed by atoms with E-state index in [2.05, 4.69) is 15.8 Å². The second kappa shape index (κ2) is 9.03. The quantitative estimate of drug-likeness (QED) is 0.513. The van der Waals surface area contributed by atoms with Crippen LogP contribution >= 0.6 is 0 Å². The van der Waals surface area contributed by atoms with Gasteiger partial charge in [-0.1, -0.05) is 6.07 Å². The Labute approximate surface area is 200 Å². The molecule has 0 bridgehead atoms. The molecule has 3 aromatic rings. The zero-order valence-corrected chi connectivity index (χ0v) is 20.9. The van der Waals surface area contributed by atoms with Crippen molar-refractivity contribution in [2.45, 2.75) is 23.1 Å². The summed E-state index contributed by atoms with van der Waals surface area (Å²) in [5.74, 6) is 0.273. The number of hydrogen-bond donors (Lipinski definition) is 2. The van der Waals surface area contributed by atoms with Crippen molar-refractivity contribution in [3.63, 3.8) is 0 Å². The largest absolute Gasteiger partial charge is 0.358 e. The maximum absolute atomic E-state index is 13.0. The molecule has 2 N–H and O–H groups in total. The third-order valence-corrected chi connectivity index (χ3v) is 9.31. The van der Waals surface area contributed by atoms with Crippen LogP contribution in [0.1, 0.15) is 17.5 Å². The van der Waals surface area contributed by atoms with E-state index in [1.807, 2.05) is 25.9 Å². The molecule has 2 heterocycles. The molecule has 11 heteroatoms. The van der Waals surface area contributed by atoms with E-state index in [0.717, 1.165) is 18.5 Å². The molecule has 1 fully saturated rings. The molecule has 34 heavy (non-hydrogen) atoms. The number of rotatable bonds is 7. The summed E-state index contributed by atoms with van der Waals surface area (Å²) in [4.78, 5) is 5.02. The summed E-state index contributed by atoms with van der Waals surface area (Å²) in [6, 6.07) is 10.7. The van der Waals surface area contributed by atoms with E-state index in [4.69, 9.17) is 0 Å². The maximum atomic E-state index is 13.0. The second-order valence-corrected chi connectivity index (χ2v) is 12.5. The van der Waals surface area contributed by atoms with Gasteiger partial charge in [0.2, 0.25) is 10.0 Å². The van der Waals surface area contributed by atoms with E-state index in [0.29, 0.717) is 35.2 Å². The molecule has 4 rings (SSSR count). The number of nitriles is 1. The summed E-state index contributed by atoms with van der Waals surface area (Å²) < 4.78 is 56.1. The zero-order valence-electron chi connectivity index (χ0n) is 19.2. The summed E-state index contributed by atoms with van der Waals surface area (Å²) >= 11 is 0. The normalized spacial score (nSPS) is 17.3. The van der Waals surface area contributed by atoms with Gasteiger partial charge in [-0.15, -0.1) is 0 Å². The summed E-state index contributed by atoms with van der Waals surface area (Å²) in [5.41, 5.74) is 2.10. The van der Waals surface area contributed by atoms with Gasteiger partial charge in [0.25, 0.3) is 10.0 Å². The lowest BCUT2D eigenvalue weighted by molar-refractivity contribution is 0.329. The highest BCUT2D eigenvalue weighted by Gasteiger charge is 2.33. The first-order valence-electron chi connectivity index (χ1n) is 10.8. The van der Waals surface area contributed by atoms with Gasteiger partial charge < -0.3 is 9.88 Å². The van der Waals surface area contributed by atoms with Crippen LogP contribution in [0.3, 0.4) is 0 Å². The van der Waals surface area contributed by atoms with Crippen molar-refractivity contribution in [3.8, 4) is 6.07 Å². The minimum Gasteiger partial charge on any atom is -0.358 e. The Morgan fingerprint density at radius 1 is 1.12 bits per heavy atom. The fourth-order valence-corrected chi connectivity index (χ4v) is 7.02. The molecule has 1 aliphatic rings. The van der Waals surface area contributed by atoms with Crippen LogP contribution in [0.25, 0.3) is 10.9 Å². The Kier molecular flexibility index (Phi) is 6.44. The molecular formula is C23H27N5O4S2. The standard InChI is InChI=1S/C23H27N5O4S2/c1-16-4-9-21(23-22(16)18(12-24)13-25-23)26-33(29,30)19-5-7-20(8-6-19)34(31,32)28-11-10-17(15-28)14-27(2)3/h4-9,13,17,25-26H,10-11,14-15H2,1-3H3. The number of nitrogens with zero attached hydrogens (tertiary/aromatic N) is 3. The molecule has 0 spiro atoms. The minimum atomic E-state index is -3.99. The number of H-pyrrole nitrogens is 1. The van der Waals surface area contributed by atoms with Crippen LogP contribution in [0.5, 0.6) is 0 Å². The number of anilines is 1. The lowest BCUT2D eigenvalue weighted by atomic mass is 10.1. The highest BCUT2D eigenvalue weighted by Crippen LogP contribution is 2.30. The Balaban J connectivity index is 1.56. The molecule has 9 nitrogen and oxygen atoms in total. The number of nitrogens with one attached hydrogen (secondary N) is 2. The third-order valence-electron chi connectivity index (χ3n) is 6.05. The first kappa shape index (κ1) is 24.2. The molecule has 1 aliphatic heterocycles. The smallest absolute Gasteiger partial charge is 0.261 e. The Bertz CT molecular complexity index is 1470. The van der Waals surface area contributed by atoms with E-state index in [1.54, 1.807) is 12.1 Å². The van der Waals surface area contributed by atoms with Gasteiger partial charge in [-0.2, -0.15) is 9.57 Å². The highest BCUT2D eigenvalue weighted by molar-refractivity contribution is 7.92. The predicted octanol–water partition coefficient (Wildman–Crippen LogP) is 2.72. The van der Waals surface area contributed by atoms with E-state index in [9.17, 15) is 22.1 Å². The molecule has 1 aromatic heterocycles. The van der Waals surface area contributed by atoms with Crippen molar-refractivity contribution in [3.05, 3.63) is 53.7 Å². The first-order chi connectivity index (χ1) is 16.0. The van der Waals surface area contributed by atoms with Crippen molar-refractivity contribution in [2.24, 2.45) is 5.92 Å². The van der Waals surface area contributed by atoms with Gasteiger partial charge in [-0.05, 0) is 69.3 Å². The summed E-state index contributed by atoms with van der Waals surface area (Å²) in [6.07, 6.45) is 2.33. The SMILES string of the molecule is Cc1ccc(NS(=O)(=O)c2ccc(S(=O)(=O)N3CCC(CN(C)C)C3)cc2)c2[nH]cc(C#N)c12. The van der Waals surface area contributed by atoms with Crippen molar-refractivity contribution in [2.75, 3.05) is 38.5 Å². The molecule has 1 atom stereocenters. The number of sulfonamides is 2. The molecule has 2 aromatic carbocycles. The topological polar surface area (TPSA) is 126 Å². The Hall–Kier alpha value is -2.91. The van der Waals surface area contributed by atoms with Gasteiger partial charge in [0, 0.05) is 31.2 Å². The molecule has 180 valence electrons. The van der Waals surface area contributed by atoms with Crippen LogP contribution < -0.4 is 4.72 Å². The van der Waals surface area contributed by atoms with Crippen LogP contribution in [-0.2, 0) is 20.0 Å². The van der Waals surface area contributed by atoms with Crippen LogP contribution in [-0.4, -0.2) is 64.8 Å². The molecular weight excluding hydrogens is 474 g/mol. The molecule has 1 unspecified atom stereocenters. The zero-order chi connectivity index (χ0) is 24.7. The number of fused-ring (bicyclic) bond motifs is 1. The van der Waals surface area contributed by atoms with Gasteiger partial charge >= 0.3 is 0 Å². The van der Waals surface area contributed by atoms with E-state index in [-0.39, 0.29) is 15.7 Å². The summed E-state index contributed by atoms with van der Waals surface area (Å²) in [7, 11) is -3.76. The van der Waals surface area contributed by atoms with E-state index >= 15 is 0 Å². The maximum Gasteiger partial charge on any atom is 0.261 e. The molecule has 0 radical (unpaired) electrons. The van der Waals surface area contributed by atoms with Crippen molar-refractivity contribution < 1.29 is 16.8 Å². The van der Waals surface area contributed by atoms with E-state index in [1.165, 1.54) is 34.8 Å². The number of aryl methyl sites for hydroxylation is 1. The summed E-state index contributed by atoms with van der Waals surface area (Å²) in [6.45, 7) is 3.56.